The van der Waals surface area contributed by atoms with Gasteiger partial charge in [-0.15, -0.1) is 0 Å². The minimum absolute atomic E-state index is 0.210. The van der Waals surface area contributed by atoms with Crippen molar-refractivity contribution in [1.29, 1.82) is 0 Å². The van der Waals surface area contributed by atoms with E-state index >= 15 is 0 Å². The number of benzene rings is 1. The maximum Gasteiger partial charge on any atom is 0.243 e. The molecule has 3 N–H and O–H groups in total. The highest BCUT2D eigenvalue weighted by Crippen LogP contribution is 2.28. The van der Waals surface area contributed by atoms with Gasteiger partial charge < -0.3 is 11.1 Å². The number of anilines is 1. The van der Waals surface area contributed by atoms with Crippen molar-refractivity contribution in [2.45, 2.75) is 18.9 Å². The monoisotopic (exact) mass is 338 g/mol. The summed E-state index contributed by atoms with van der Waals surface area (Å²) in [6.07, 6.45) is 6.58. The maximum atomic E-state index is 12.2. The van der Waals surface area contributed by atoms with Crippen LogP contribution in [0.4, 0.5) is 5.13 Å². The summed E-state index contributed by atoms with van der Waals surface area (Å²) in [4.78, 5) is 21.5. The van der Waals surface area contributed by atoms with Crippen molar-refractivity contribution in [2.75, 3.05) is 5.32 Å². The van der Waals surface area contributed by atoms with Gasteiger partial charge in [0, 0.05) is 24.2 Å². The molecule has 0 aliphatic carbocycles. The molecule has 0 saturated carbocycles. The van der Waals surface area contributed by atoms with E-state index in [2.05, 4.69) is 15.3 Å². The molecule has 122 valence electrons. The van der Waals surface area contributed by atoms with Crippen LogP contribution in [0.25, 0.3) is 10.4 Å². The fraction of sp³-hybridized carbons (Fsp3) is 0.167. The molecular formula is C18H18N4OS. The lowest BCUT2D eigenvalue weighted by Crippen LogP contribution is -2.35. The smallest absolute Gasteiger partial charge is 0.243 e. The molecule has 0 radical (unpaired) electrons. The van der Waals surface area contributed by atoms with Crippen LogP contribution in [0, 0.1) is 0 Å². The third-order valence-electron chi connectivity index (χ3n) is 3.61. The van der Waals surface area contributed by atoms with Gasteiger partial charge in [0.1, 0.15) is 0 Å². The molecule has 1 aromatic carbocycles. The Hall–Kier alpha value is -2.57. The van der Waals surface area contributed by atoms with E-state index in [0.717, 1.165) is 16.9 Å². The number of hydrogen-bond acceptors (Lipinski definition) is 5. The van der Waals surface area contributed by atoms with E-state index in [0.29, 0.717) is 11.6 Å². The molecule has 0 fully saturated rings. The minimum atomic E-state index is -0.559. The van der Waals surface area contributed by atoms with Crippen LogP contribution in [0.2, 0.25) is 0 Å². The second-order valence-electron chi connectivity index (χ2n) is 5.39. The molecule has 3 rings (SSSR count). The zero-order valence-corrected chi connectivity index (χ0v) is 13.9. The fourth-order valence-electron chi connectivity index (χ4n) is 2.27. The second-order valence-corrected chi connectivity index (χ2v) is 6.42. The SMILES string of the molecule is N[C@H](CCc1ccccc1)C(=O)Nc1ncc(-c2cccnc2)s1. The third-order valence-corrected chi connectivity index (χ3v) is 4.57. The first-order chi connectivity index (χ1) is 11.7. The summed E-state index contributed by atoms with van der Waals surface area (Å²) >= 11 is 1.41. The second kappa shape index (κ2) is 7.81. The van der Waals surface area contributed by atoms with Crippen LogP contribution >= 0.6 is 11.3 Å². The number of aromatic nitrogens is 2. The van der Waals surface area contributed by atoms with Crippen molar-refractivity contribution in [1.82, 2.24) is 9.97 Å². The van der Waals surface area contributed by atoms with Gasteiger partial charge in [0.05, 0.1) is 10.9 Å². The number of rotatable bonds is 6. The largest absolute Gasteiger partial charge is 0.320 e. The normalized spacial score (nSPS) is 11.9. The van der Waals surface area contributed by atoms with Crippen molar-refractivity contribution < 1.29 is 4.79 Å². The van der Waals surface area contributed by atoms with Gasteiger partial charge in [-0.25, -0.2) is 4.98 Å². The Morgan fingerprint density at radius 3 is 2.75 bits per heavy atom. The Morgan fingerprint density at radius 1 is 1.17 bits per heavy atom. The number of carbonyl (C=O) groups is 1. The van der Waals surface area contributed by atoms with Crippen molar-refractivity contribution in [3.05, 3.63) is 66.6 Å². The van der Waals surface area contributed by atoms with E-state index in [1.165, 1.54) is 16.9 Å². The van der Waals surface area contributed by atoms with Crippen LogP contribution in [-0.4, -0.2) is 21.9 Å². The Balaban J connectivity index is 1.55. The topological polar surface area (TPSA) is 80.9 Å². The van der Waals surface area contributed by atoms with Gasteiger partial charge in [0.2, 0.25) is 5.91 Å². The first kappa shape index (κ1) is 16.3. The van der Waals surface area contributed by atoms with Crippen molar-refractivity contribution in [3.63, 3.8) is 0 Å². The zero-order chi connectivity index (χ0) is 16.8. The van der Waals surface area contributed by atoms with Crippen molar-refractivity contribution in [2.24, 2.45) is 5.73 Å². The molecule has 1 atom stereocenters. The Morgan fingerprint density at radius 2 is 2.00 bits per heavy atom. The average molecular weight is 338 g/mol. The fourth-order valence-corrected chi connectivity index (χ4v) is 3.08. The van der Waals surface area contributed by atoms with E-state index in [-0.39, 0.29) is 5.91 Å². The van der Waals surface area contributed by atoms with Gasteiger partial charge in [0.15, 0.2) is 5.13 Å². The van der Waals surface area contributed by atoms with Crippen LogP contribution < -0.4 is 11.1 Å². The molecule has 3 aromatic rings. The van der Waals surface area contributed by atoms with Crippen LogP contribution in [0.5, 0.6) is 0 Å². The quantitative estimate of drug-likeness (QED) is 0.724. The summed E-state index contributed by atoms with van der Waals surface area (Å²) in [5, 5.41) is 3.34. The summed E-state index contributed by atoms with van der Waals surface area (Å²) in [7, 11) is 0. The number of thiazole rings is 1. The molecule has 0 saturated heterocycles. The molecule has 5 nitrogen and oxygen atoms in total. The highest BCUT2D eigenvalue weighted by atomic mass is 32.1. The molecule has 6 heteroatoms. The maximum absolute atomic E-state index is 12.2. The standard InChI is InChI=1S/C18H18N4OS/c19-15(9-8-13-5-2-1-3-6-13)17(23)22-18-21-12-16(24-18)14-7-4-10-20-11-14/h1-7,10-12,15H,8-9,19H2,(H,21,22,23)/t15-/m1/s1. The predicted molar refractivity (Wildman–Crippen MR) is 96.7 cm³/mol. The first-order valence-electron chi connectivity index (χ1n) is 7.69. The van der Waals surface area contributed by atoms with Crippen LogP contribution in [0.3, 0.4) is 0 Å². The summed E-state index contributed by atoms with van der Waals surface area (Å²) in [5.74, 6) is -0.210. The van der Waals surface area contributed by atoms with E-state index in [1.807, 2.05) is 42.5 Å². The Kier molecular flexibility index (Phi) is 5.30. The predicted octanol–water partition coefficient (Wildman–Crippen LogP) is 3.10. The van der Waals surface area contributed by atoms with Crippen LogP contribution in [0.15, 0.2) is 61.1 Å². The summed E-state index contributed by atoms with van der Waals surface area (Å²) in [6.45, 7) is 0. The van der Waals surface area contributed by atoms with Gasteiger partial charge >= 0.3 is 0 Å². The van der Waals surface area contributed by atoms with Gasteiger partial charge in [-0.2, -0.15) is 0 Å². The molecule has 0 aliphatic rings. The average Bonchev–Trinajstić information content (AvgIpc) is 3.10. The summed E-state index contributed by atoms with van der Waals surface area (Å²) in [5.41, 5.74) is 8.14. The molecular weight excluding hydrogens is 320 g/mol. The summed E-state index contributed by atoms with van der Waals surface area (Å²) < 4.78 is 0. The van der Waals surface area contributed by atoms with E-state index in [9.17, 15) is 4.79 Å². The number of aryl methyl sites for hydroxylation is 1. The molecule has 0 bridgehead atoms. The van der Waals surface area contributed by atoms with Gasteiger partial charge in [0.25, 0.3) is 0 Å². The van der Waals surface area contributed by atoms with Gasteiger partial charge in [-0.3, -0.25) is 9.78 Å². The summed E-state index contributed by atoms with van der Waals surface area (Å²) in [6, 6.07) is 13.3. The number of nitrogens with zero attached hydrogens (tertiary/aromatic N) is 2. The Bertz CT molecular complexity index is 789. The highest BCUT2D eigenvalue weighted by Gasteiger charge is 2.15. The number of nitrogens with two attached hydrogens (primary N) is 1. The van der Waals surface area contributed by atoms with Gasteiger partial charge in [-0.05, 0) is 24.5 Å². The lowest BCUT2D eigenvalue weighted by Gasteiger charge is -2.10. The van der Waals surface area contributed by atoms with E-state index < -0.39 is 6.04 Å². The number of nitrogens with one attached hydrogen (secondary N) is 1. The lowest BCUT2D eigenvalue weighted by molar-refractivity contribution is -0.117. The molecule has 2 heterocycles. The first-order valence-corrected chi connectivity index (χ1v) is 8.50. The Labute approximate surface area is 144 Å². The lowest BCUT2D eigenvalue weighted by atomic mass is 10.1. The number of amides is 1. The molecule has 0 unspecified atom stereocenters. The molecule has 2 aromatic heterocycles. The van der Waals surface area contributed by atoms with Gasteiger partial charge in [-0.1, -0.05) is 47.7 Å². The molecule has 1 amide bonds. The van der Waals surface area contributed by atoms with E-state index in [1.54, 1.807) is 18.6 Å². The van der Waals surface area contributed by atoms with E-state index in [4.69, 9.17) is 5.73 Å². The van der Waals surface area contributed by atoms with Crippen molar-refractivity contribution in [3.8, 4) is 10.4 Å². The van der Waals surface area contributed by atoms with Crippen molar-refractivity contribution >= 4 is 22.4 Å². The van der Waals surface area contributed by atoms with Crippen LogP contribution in [-0.2, 0) is 11.2 Å². The molecule has 0 aliphatic heterocycles. The zero-order valence-electron chi connectivity index (χ0n) is 13.1. The number of pyridine rings is 1. The third kappa shape index (κ3) is 4.24. The molecule has 0 spiro atoms. The molecule has 24 heavy (non-hydrogen) atoms. The number of carbonyl (C=O) groups excluding carboxylic acids is 1. The number of hydrogen-bond donors (Lipinski definition) is 2. The van der Waals surface area contributed by atoms with Crippen LogP contribution in [0.1, 0.15) is 12.0 Å². The highest BCUT2D eigenvalue weighted by molar-refractivity contribution is 7.19. The minimum Gasteiger partial charge on any atom is -0.320 e.